The van der Waals surface area contributed by atoms with Crippen molar-refractivity contribution in [3.8, 4) is 0 Å². The third-order valence-electron chi connectivity index (χ3n) is 2.64. The van der Waals surface area contributed by atoms with Gasteiger partial charge >= 0.3 is 0 Å². The van der Waals surface area contributed by atoms with Crippen molar-refractivity contribution in [3.05, 3.63) is 42.5 Å². The van der Waals surface area contributed by atoms with Crippen molar-refractivity contribution in [1.29, 1.82) is 0 Å². The van der Waals surface area contributed by atoms with Gasteiger partial charge in [0, 0.05) is 49.9 Å². The highest BCUT2D eigenvalue weighted by Crippen LogP contribution is 2.14. The molecule has 0 aliphatic heterocycles. The van der Waals surface area contributed by atoms with Gasteiger partial charge in [-0.3, -0.25) is 0 Å². The van der Waals surface area contributed by atoms with Gasteiger partial charge in [0.2, 0.25) is 0 Å². The van der Waals surface area contributed by atoms with E-state index < -0.39 is 0 Å². The molecule has 84 valence electrons. The molecule has 1 atom stereocenters. The first-order valence-corrected chi connectivity index (χ1v) is 5.19. The Bertz CT molecular complexity index is 437. The van der Waals surface area contributed by atoms with E-state index in [1.165, 1.54) is 6.33 Å². The number of rotatable bonds is 4. The fourth-order valence-electron chi connectivity index (χ4n) is 1.65. The van der Waals surface area contributed by atoms with Gasteiger partial charge in [-0.25, -0.2) is 15.0 Å². The Labute approximate surface area is 94.6 Å². The average molecular weight is 217 g/mol. The molecule has 1 N–H and O–H groups in total. The highest BCUT2D eigenvalue weighted by molar-refractivity contribution is 5.11. The Morgan fingerprint density at radius 1 is 1.38 bits per heavy atom. The van der Waals surface area contributed by atoms with Crippen LogP contribution in [0.15, 0.2) is 31.1 Å². The van der Waals surface area contributed by atoms with Gasteiger partial charge in [0.05, 0.1) is 0 Å². The van der Waals surface area contributed by atoms with Crippen molar-refractivity contribution in [3.63, 3.8) is 0 Å². The van der Waals surface area contributed by atoms with Crippen LogP contribution in [0.25, 0.3) is 0 Å². The molecule has 2 rings (SSSR count). The minimum Gasteiger partial charge on any atom is -0.338 e. The molecule has 1 unspecified atom stereocenters. The van der Waals surface area contributed by atoms with Crippen molar-refractivity contribution in [1.82, 2.24) is 24.8 Å². The monoisotopic (exact) mass is 217 g/mol. The molecule has 2 heterocycles. The number of nitrogens with zero attached hydrogens (tertiary/aromatic N) is 4. The SMILES string of the molecule is CNC(Cc1nccn1C)c1cncnc1. The number of imidazole rings is 1. The number of hydrogen-bond donors (Lipinski definition) is 1. The van der Waals surface area contributed by atoms with Crippen molar-refractivity contribution in [2.75, 3.05) is 7.05 Å². The number of nitrogens with one attached hydrogen (secondary N) is 1. The van der Waals surface area contributed by atoms with Gasteiger partial charge < -0.3 is 9.88 Å². The summed E-state index contributed by atoms with van der Waals surface area (Å²) in [7, 11) is 3.93. The minimum absolute atomic E-state index is 0.197. The Morgan fingerprint density at radius 3 is 2.69 bits per heavy atom. The highest BCUT2D eigenvalue weighted by Gasteiger charge is 2.12. The number of likely N-dealkylation sites (N-methyl/N-ethyl adjacent to an activating group) is 1. The van der Waals surface area contributed by atoms with Gasteiger partial charge in [-0.1, -0.05) is 0 Å². The summed E-state index contributed by atoms with van der Waals surface area (Å²) in [5.41, 5.74) is 1.08. The molecular formula is C11H15N5. The van der Waals surface area contributed by atoms with Gasteiger partial charge in [-0.05, 0) is 7.05 Å². The number of hydrogen-bond acceptors (Lipinski definition) is 4. The summed E-state index contributed by atoms with van der Waals surface area (Å²) in [5.74, 6) is 1.04. The molecule has 0 saturated heterocycles. The molecule has 5 heteroatoms. The largest absolute Gasteiger partial charge is 0.338 e. The number of aryl methyl sites for hydroxylation is 1. The average Bonchev–Trinajstić information content (AvgIpc) is 2.73. The molecule has 5 nitrogen and oxygen atoms in total. The van der Waals surface area contributed by atoms with Crippen LogP contribution < -0.4 is 5.32 Å². The van der Waals surface area contributed by atoms with Crippen molar-refractivity contribution < 1.29 is 0 Å². The number of aromatic nitrogens is 4. The van der Waals surface area contributed by atoms with Crippen molar-refractivity contribution >= 4 is 0 Å². The normalized spacial score (nSPS) is 12.6. The molecule has 16 heavy (non-hydrogen) atoms. The smallest absolute Gasteiger partial charge is 0.115 e. The summed E-state index contributed by atoms with van der Waals surface area (Å²) in [6.45, 7) is 0. The maximum Gasteiger partial charge on any atom is 0.115 e. The van der Waals surface area contributed by atoms with Gasteiger partial charge in [0.1, 0.15) is 12.2 Å². The Hall–Kier alpha value is -1.75. The zero-order chi connectivity index (χ0) is 11.4. The standard InChI is InChI=1S/C11H15N5/c1-12-10(9-6-13-8-14-7-9)5-11-15-3-4-16(11)2/h3-4,6-8,10,12H,5H2,1-2H3. The van der Waals surface area contributed by atoms with Crippen LogP contribution in [0.4, 0.5) is 0 Å². The third kappa shape index (κ3) is 2.25. The van der Waals surface area contributed by atoms with Gasteiger partial charge in [-0.2, -0.15) is 0 Å². The van der Waals surface area contributed by atoms with E-state index in [2.05, 4.69) is 20.3 Å². The molecule has 0 aliphatic carbocycles. The van der Waals surface area contributed by atoms with Crippen LogP contribution in [-0.4, -0.2) is 26.6 Å². The lowest BCUT2D eigenvalue weighted by Gasteiger charge is -2.15. The first-order valence-electron chi connectivity index (χ1n) is 5.19. The van der Waals surface area contributed by atoms with Crippen LogP contribution in [0.5, 0.6) is 0 Å². The molecule has 0 bridgehead atoms. The molecule has 0 amide bonds. The summed E-state index contributed by atoms with van der Waals surface area (Å²) in [6, 6.07) is 0.197. The summed E-state index contributed by atoms with van der Waals surface area (Å²) >= 11 is 0. The Morgan fingerprint density at radius 2 is 2.12 bits per heavy atom. The van der Waals surface area contributed by atoms with E-state index >= 15 is 0 Å². The summed E-state index contributed by atoms with van der Waals surface area (Å²) in [4.78, 5) is 12.4. The molecule has 0 radical (unpaired) electrons. The van der Waals surface area contributed by atoms with Gasteiger partial charge in [0.25, 0.3) is 0 Å². The molecule has 0 fully saturated rings. The van der Waals surface area contributed by atoms with Crippen molar-refractivity contribution in [2.24, 2.45) is 7.05 Å². The second kappa shape index (κ2) is 4.85. The van der Waals surface area contributed by atoms with Crippen LogP contribution in [0.1, 0.15) is 17.4 Å². The molecular weight excluding hydrogens is 202 g/mol. The van der Waals surface area contributed by atoms with E-state index in [0.717, 1.165) is 17.8 Å². The summed E-state index contributed by atoms with van der Waals surface area (Å²) in [6.07, 6.45) is 9.78. The maximum absolute atomic E-state index is 4.31. The van der Waals surface area contributed by atoms with Gasteiger partial charge in [0.15, 0.2) is 0 Å². The predicted octanol–water partition coefficient (Wildman–Crippen LogP) is 0.713. The predicted molar refractivity (Wildman–Crippen MR) is 60.7 cm³/mol. The highest BCUT2D eigenvalue weighted by atomic mass is 15.0. The van der Waals surface area contributed by atoms with E-state index in [-0.39, 0.29) is 6.04 Å². The second-order valence-electron chi connectivity index (χ2n) is 3.67. The van der Waals surface area contributed by atoms with Crippen molar-refractivity contribution in [2.45, 2.75) is 12.5 Å². The van der Waals surface area contributed by atoms with Crippen LogP contribution in [0.3, 0.4) is 0 Å². The first kappa shape index (κ1) is 10.8. The second-order valence-corrected chi connectivity index (χ2v) is 3.67. The van der Waals surface area contributed by atoms with Crippen LogP contribution in [0.2, 0.25) is 0 Å². The van der Waals surface area contributed by atoms with E-state index in [9.17, 15) is 0 Å². The molecule has 2 aromatic heterocycles. The lowest BCUT2D eigenvalue weighted by Crippen LogP contribution is -2.20. The zero-order valence-corrected chi connectivity index (χ0v) is 9.46. The lowest BCUT2D eigenvalue weighted by atomic mass is 10.1. The Kier molecular flexibility index (Phi) is 3.26. The molecule has 0 saturated carbocycles. The lowest BCUT2D eigenvalue weighted by molar-refractivity contribution is 0.560. The molecule has 0 spiro atoms. The molecule has 2 aromatic rings. The van der Waals surface area contributed by atoms with E-state index in [1.54, 1.807) is 0 Å². The maximum atomic E-state index is 4.31. The topological polar surface area (TPSA) is 55.6 Å². The fraction of sp³-hybridized carbons (Fsp3) is 0.364. The van der Waals surface area contributed by atoms with Crippen LogP contribution in [0, 0.1) is 0 Å². The van der Waals surface area contributed by atoms with Gasteiger partial charge in [-0.15, -0.1) is 0 Å². The third-order valence-corrected chi connectivity index (χ3v) is 2.64. The fourth-order valence-corrected chi connectivity index (χ4v) is 1.65. The molecule has 0 aliphatic rings. The summed E-state index contributed by atoms with van der Waals surface area (Å²) in [5, 5.41) is 3.25. The summed E-state index contributed by atoms with van der Waals surface area (Å²) < 4.78 is 2.02. The van der Waals surface area contributed by atoms with Crippen LogP contribution >= 0.6 is 0 Å². The quantitative estimate of drug-likeness (QED) is 0.819. The first-order chi connectivity index (χ1) is 7.81. The molecule has 0 aromatic carbocycles. The van der Waals surface area contributed by atoms with E-state index in [1.807, 2.05) is 43.4 Å². The Balaban J connectivity index is 2.16. The van der Waals surface area contributed by atoms with E-state index in [4.69, 9.17) is 0 Å². The van der Waals surface area contributed by atoms with Crippen LogP contribution in [-0.2, 0) is 13.5 Å². The minimum atomic E-state index is 0.197. The van der Waals surface area contributed by atoms with E-state index in [0.29, 0.717) is 0 Å². The zero-order valence-electron chi connectivity index (χ0n) is 9.46.